The molecule has 2 aromatic rings. The first-order valence-corrected chi connectivity index (χ1v) is 10.5. The van der Waals surface area contributed by atoms with E-state index in [1.54, 1.807) is 0 Å². The van der Waals surface area contributed by atoms with E-state index in [2.05, 4.69) is 0 Å². The Labute approximate surface area is 174 Å². The summed E-state index contributed by atoms with van der Waals surface area (Å²) in [6.45, 7) is 5.65. The molecule has 2 rings (SSSR count). The van der Waals surface area contributed by atoms with Crippen LogP contribution < -0.4 is 0 Å². The van der Waals surface area contributed by atoms with Gasteiger partial charge in [0.25, 0.3) is 0 Å². The Balaban J connectivity index is 0. The van der Waals surface area contributed by atoms with Gasteiger partial charge in [-0.25, -0.2) is 26.3 Å². The van der Waals surface area contributed by atoms with Crippen LogP contribution in [0.5, 0.6) is 11.5 Å². The van der Waals surface area contributed by atoms with Gasteiger partial charge < -0.3 is 15.0 Å². The third-order valence-corrected chi connectivity index (χ3v) is 2.37. The third-order valence-electron chi connectivity index (χ3n) is 2.37. The van der Waals surface area contributed by atoms with Crippen molar-refractivity contribution in [3.05, 3.63) is 58.2 Å². The number of phenolic OH excluding ortho intramolecular Hbond substituents is 2. The van der Waals surface area contributed by atoms with E-state index in [-0.39, 0.29) is 17.4 Å². The van der Waals surface area contributed by atoms with Crippen LogP contribution in [0.4, 0.5) is 43.9 Å². The molecule has 0 amide bonds. The summed E-state index contributed by atoms with van der Waals surface area (Å²) in [7, 11) is -1.61. The highest BCUT2D eigenvalue weighted by atomic mass is 28.4. The first-order chi connectivity index (χ1) is 12.9. The number of halogens is 10. The highest BCUT2D eigenvalue weighted by Gasteiger charge is 2.25. The molecule has 0 aliphatic heterocycles. The summed E-state index contributed by atoms with van der Waals surface area (Å²) in [6, 6.07) is 0. The topological polar surface area (TPSA) is 60.7 Å². The minimum atomic E-state index is -2.29. The molecule has 0 aliphatic carbocycles. The van der Waals surface area contributed by atoms with Gasteiger partial charge in [-0.3, -0.25) is 0 Å². The van der Waals surface area contributed by atoms with Gasteiger partial charge in [0.2, 0.25) is 58.2 Å². The largest absolute Gasteiger partial charge is 0.503 e. The Bertz CT molecular complexity index is 622. The molecule has 15 heteroatoms. The molecule has 0 spiro atoms. The Kier molecular flexibility index (Phi) is 11.5. The van der Waals surface area contributed by atoms with Crippen LogP contribution in [0.2, 0.25) is 19.6 Å². The summed E-state index contributed by atoms with van der Waals surface area (Å²) in [5, 5.41) is 16.6. The SMILES string of the molecule is C[Si](C)(C)O.Oc1c(F)c(F)c(F)c(F)c1F.Oc1c(F)c(F)c(F)c(F)c1F.[Al]. The summed E-state index contributed by atoms with van der Waals surface area (Å²) >= 11 is 0. The van der Waals surface area contributed by atoms with Gasteiger partial charge in [0.15, 0.2) is 19.8 Å². The van der Waals surface area contributed by atoms with Crippen LogP contribution in [0.1, 0.15) is 0 Å². The average molecular weight is 485 g/mol. The van der Waals surface area contributed by atoms with Crippen LogP contribution >= 0.6 is 0 Å². The van der Waals surface area contributed by atoms with Gasteiger partial charge in [0.1, 0.15) is 0 Å². The second kappa shape index (κ2) is 11.4. The molecule has 2 aromatic carbocycles. The maximum atomic E-state index is 12.2. The Morgan fingerprint density at radius 2 is 0.533 bits per heavy atom. The maximum absolute atomic E-state index is 12.2. The molecule has 0 aliphatic rings. The molecule has 3 nitrogen and oxygen atoms in total. The number of aromatic hydroxyl groups is 2. The third kappa shape index (κ3) is 7.71. The number of rotatable bonds is 0. The predicted octanol–water partition coefficient (Wildman–Crippen LogP) is 4.61. The normalized spacial score (nSPS) is 10.3. The van der Waals surface area contributed by atoms with Crippen molar-refractivity contribution in [2.75, 3.05) is 0 Å². The summed E-state index contributed by atoms with van der Waals surface area (Å²) in [5.41, 5.74) is 0. The van der Waals surface area contributed by atoms with Gasteiger partial charge in [-0.15, -0.1) is 0 Å². The van der Waals surface area contributed by atoms with Crippen molar-refractivity contribution in [1.29, 1.82) is 0 Å². The second-order valence-electron chi connectivity index (χ2n) is 6.01. The van der Waals surface area contributed by atoms with E-state index in [0.29, 0.717) is 0 Å². The fourth-order valence-electron chi connectivity index (χ4n) is 1.19. The molecule has 3 N–H and O–H groups in total. The van der Waals surface area contributed by atoms with Gasteiger partial charge in [-0.05, 0) is 19.6 Å². The van der Waals surface area contributed by atoms with Crippen LogP contribution in [0, 0.1) is 58.2 Å². The van der Waals surface area contributed by atoms with Crippen LogP contribution in [-0.4, -0.2) is 40.7 Å². The standard InChI is InChI=1S/2C6HF5O.C3H10OSi.Al/c2*7-1-2(8)4(10)6(12)5(11)3(1)9;1-5(2,3)4;/h2*12H;4H,1-3H3;. The van der Waals surface area contributed by atoms with Gasteiger partial charge in [-0.1, -0.05) is 0 Å². The predicted molar refractivity (Wildman–Crippen MR) is 87.1 cm³/mol. The van der Waals surface area contributed by atoms with Crippen molar-refractivity contribution >= 4 is 25.7 Å². The molecule has 0 atom stereocenters. The number of phenols is 2. The zero-order valence-corrected chi connectivity index (χ0v) is 17.4. The quantitative estimate of drug-likeness (QED) is 0.221. The van der Waals surface area contributed by atoms with Crippen molar-refractivity contribution in [2.24, 2.45) is 0 Å². The zero-order valence-electron chi connectivity index (χ0n) is 15.2. The molecule has 167 valence electrons. The summed E-state index contributed by atoms with van der Waals surface area (Å²) in [4.78, 5) is 8.66. The lowest BCUT2D eigenvalue weighted by atomic mass is 10.3. The van der Waals surface area contributed by atoms with E-state index in [4.69, 9.17) is 15.0 Å². The molecule has 0 fully saturated rings. The zero-order chi connectivity index (χ0) is 23.4. The van der Waals surface area contributed by atoms with E-state index in [9.17, 15) is 43.9 Å². The molecule has 0 unspecified atom stereocenters. The monoisotopic (exact) mass is 485 g/mol. The molecule has 30 heavy (non-hydrogen) atoms. The van der Waals surface area contributed by atoms with E-state index in [1.165, 1.54) is 0 Å². The lowest BCUT2D eigenvalue weighted by molar-refractivity contribution is 0.325. The lowest BCUT2D eigenvalue weighted by Crippen LogP contribution is -2.17. The van der Waals surface area contributed by atoms with E-state index in [0.717, 1.165) is 0 Å². The first-order valence-electron chi connectivity index (χ1n) is 7.06. The van der Waals surface area contributed by atoms with Crippen LogP contribution in [0.15, 0.2) is 0 Å². The Morgan fingerprint density at radius 1 is 0.433 bits per heavy atom. The van der Waals surface area contributed by atoms with Crippen molar-refractivity contribution in [1.82, 2.24) is 0 Å². The van der Waals surface area contributed by atoms with Gasteiger partial charge in [-0.2, -0.15) is 17.6 Å². The Hall–Kier alpha value is -1.95. The average Bonchev–Trinajstić information content (AvgIpc) is 2.64. The summed E-state index contributed by atoms with van der Waals surface area (Å²) < 4.78 is 121. The molecule has 0 heterocycles. The highest BCUT2D eigenvalue weighted by molar-refractivity contribution is 6.68. The van der Waals surface area contributed by atoms with Gasteiger partial charge in [0.05, 0.1) is 0 Å². The summed E-state index contributed by atoms with van der Waals surface area (Å²) in [6.07, 6.45) is 0. The lowest BCUT2D eigenvalue weighted by Gasteiger charge is -2.00. The first kappa shape index (κ1) is 30.2. The molecular weight excluding hydrogens is 473 g/mol. The van der Waals surface area contributed by atoms with Crippen molar-refractivity contribution in [3.63, 3.8) is 0 Å². The van der Waals surface area contributed by atoms with Crippen LogP contribution in [0.25, 0.3) is 0 Å². The molecule has 0 saturated carbocycles. The smallest absolute Gasteiger partial charge is 0.206 e. The van der Waals surface area contributed by atoms with E-state index < -0.39 is 78.0 Å². The fourth-order valence-corrected chi connectivity index (χ4v) is 1.19. The highest BCUT2D eigenvalue weighted by Crippen LogP contribution is 2.28. The molecule has 3 radical (unpaired) electrons. The molecule has 0 saturated heterocycles. The second-order valence-corrected chi connectivity index (χ2v) is 10.3. The minimum absolute atomic E-state index is 0. The Morgan fingerprint density at radius 3 is 0.667 bits per heavy atom. The molecule has 0 bridgehead atoms. The number of hydrogen-bond donors (Lipinski definition) is 3. The maximum Gasteiger partial charge on any atom is 0.206 e. The van der Waals surface area contributed by atoms with Crippen molar-refractivity contribution in [2.45, 2.75) is 19.6 Å². The van der Waals surface area contributed by atoms with Crippen LogP contribution in [-0.2, 0) is 0 Å². The molecular formula is C15H12AlF10O3Si. The van der Waals surface area contributed by atoms with Gasteiger partial charge >= 0.3 is 0 Å². The van der Waals surface area contributed by atoms with Crippen molar-refractivity contribution < 1.29 is 58.9 Å². The molecule has 0 aromatic heterocycles. The number of benzene rings is 2. The van der Waals surface area contributed by atoms with Crippen LogP contribution in [0.3, 0.4) is 0 Å². The fraction of sp³-hybridized carbons (Fsp3) is 0.200. The van der Waals surface area contributed by atoms with E-state index >= 15 is 0 Å². The van der Waals surface area contributed by atoms with Crippen molar-refractivity contribution in [3.8, 4) is 11.5 Å². The summed E-state index contributed by atoms with van der Waals surface area (Å²) in [5.74, 6) is -25.9. The van der Waals surface area contributed by atoms with Gasteiger partial charge in [0, 0.05) is 17.4 Å². The minimum Gasteiger partial charge on any atom is -0.503 e. The number of hydrogen-bond acceptors (Lipinski definition) is 3. The van der Waals surface area contributed by atoms with E-state index in [1.807, 2.05) is 19.6 Å².